The van der Waals surface area contributed by atoms with Gasteiger partial charge in [-0.2, -0.15) is 0 Å². The first kappa shape index (κ1) is 22.0. The predicted molar refractivity (Wildman–Crippen MR) is 121 cm³/mol. The number of aryl methyl sites for hydroxylation is 1. The Labute approximate surface area is 187 Å². The summed E-state index contributed by atoms with van der Waals surface area (Å²) in [7, 11) is 0. The van der Waals surface area contributed by atoms with Gasteiger partial charge in [0.2, 0.25) is 5.91 Å². The highest BCUT2D eigenvalue weighted by Crippen LogP contribution is 2.38. The Morgan fingerprint density at radius 2 is 1.90 bits per heavy atom. The number of nitrogens with one attached hydrogen (secondary N) is 1. The van der Waals surface area contributed by atoms with Gasteiger partial charge in [-0.15, -0.1) is 11.3 Å². The molecular formula is C23H31N3O4S. The summed E-state index contributed by atoms with van der Waals surface area (Å²) in [4.78, 5) is 31.3. The highest BCUT2D eigenvalue weighted by atomic mass is 32.1. The molecule has 0 atom stereocenters. The number of esters is 1. The highest BCUT2D eigenvalue weighted by Gasteiger charge is 2.28. The van der Waals surface area contributed by atoms with E-state index in [0.29, 0.717) is 17.1 Å². The third kappa shape index (κ3) is 5.56. The van der Waals surface area contributed by atoms with Crippen LogP contribution in [0.25, 0.3) is 0 Å². The summed E-state index contributed by atoms with van der Waals surface area (Å²) in [5.74, 6) is 0.571. The topological polar surface area (TPSA) is 75.0 Å². The smallest absolute Gasteiger partial charge is 0.341 e. The molecule has 8 heteroatoms. The molecule has 2 aliphatic rings. The summed E-state index contributed by atoms with van der Waals surface area (Å²) in [6, 6.07) is 3.89. The number of ether oxygens (including phenoxy) is 1. The van der Waals surface area contributed by atoms with Gasteiger partial charge < -0.3 is 14.5 Å². The summed E-state index contributed by atoms with van der Waals surface area (Å²) in [5.41, 5.74) is 1.65. The molecular weight excluding hydrogens is 414 g/mol. The van der Waals surface area contributed by atoms with Crippen LogP contribution in [0.1, 0.15) is 53.2 Å². The van der Waals surface area contributed by atoms with Gasteiger partial charge in [-0.05, 0) is 57.2 Å². The Hall–Kier alpha value is -2.16. The maximum atomic E-state index is 12.8. The lowest BCUT2D eigenvalue weighted by molar-refractivity contribution is -0.117. The molecule has 0 bridgehead atoms. The summed E-state index contributed by atoms with van der Waals surface area (Å²) >= 11 is 1.54. The molecule has 1 aliphatic heterocycles. The van der Waals surface area contributed by atoms with Crippen LogP contribution in [0.3, 0.4) is 0 Å². The number of hydrogen-bond acceptors (Lipinski definition) is 7. The quantitative estimate of drug-likeness (QED) is 0.657. The van der Waals surface area contributed by atoms with Crippen molar-refractivity contribution in [3.63, 3.8) is 0 Å². The number of fused-ring (bicyclic) bond motifs is 1. The monoisotopic (exact) mass is 445 g/mol. The number of carbonyl (C=O) groups is 2. The minimum Gasteiger partial charge on any atom is -0.468 e. The van der Waals surface area contributed by atoms with E-state index in [2.05, 4.69) is 15.1 Å². The first-order valence-corrected chi connectivity index (χ1v) is 11.9. The molecule has 3 heterocycles. The fraction of sp³-hybridized carbons (Fsp3) is 0.565. The van der Waals surface area contributed by atoms with Crippen molar-refractivity contribution in [1.82, 2.24) is 9.80 Å². The maximum absolute atomic E-state index is 12.8. The Kier molecular flexibility index (Phi) is 7.09. The highest BCUT2D eigenvalue weighted by molar-refractivity contribution is 7.17. The summed E-state index contributed by atoms with van der Waals surface area (Å²) < 4.78 is 10.9. The Balaban J connectivity index is 1.35. The van der Waals surface area contributed by atoms with Crippen LogP contribution in [-0.2, 0) is 28.9 Å². The number of furan rings is 1. The predicted octanol–water partition coefficient (Wildman–Crippen LogP) is 3.54. The summed E-state index contributed by atoms with van der Waals surface area (Å²) in [5, 5.41) is 3.68. The molecule has 1 N–H and O–H groups in total. The zero-order valence-corrected chi connectivity index (χ0v) is 19.1. The number of amides is 1. The van der Waals surface area contributed by atoms with Gasteiger partial charge in [0.15, 0.2) is 0 Å². The van der Waals surface area contributed by atoms with Gasteiger partial charge >= 0.3 is 5.97 Å². The van der Waals surface area contributed by atoms with Crippen LogP contribution in [0.2, 0.25) is 0 Å². The van der Waals surface area contributed by atoms with Crippen LogP contribution in [-0.4, -0.2) is 60.5 Å². The lowest BCUT2D eigenvalue weighted by Crippen LogP contribution is -2.48. The molecule has 0 spiro atoms. The first-order chi connectivity index (χ1) is 15.0. The van der Waals surface area contributed by atoms with Gasteiger partial charge in [0.1, 0.15) is 10.8 Å². The van der Waals surface area contributed by atoms with Crippen molar-refractivity contribution in [3.8, 4) is 0 Å². The number of thiophene rings is 1. The largest absolute Gasteiger partial charge is 0.468 e. The minimum absolute atomic E-state index is 0.0725. The molecule has 0 radical (unpaired) electrons. The van der Waals surface area contributed by atoms with Gasteiger partial charge in [0.05, 0.1) is 31.0 Å². The molecule has 1 saturated heterocycles. The number of piperazine rings is 1. The molecule has 2 aromatic rings. The van der Waals surface area contributed by atoms with Crippen molar-refractivity contribution in [3.05, 3.63) is 40.2 Å². The molecule has 168 valence electrons. The molecule has 0 aromatic carbocycles. The number of rotatable bonds is 7. The second-order valence-electron chi connectivity index (χ2n) is 8.55. The number of nitrogens with zero attached hydrogens (tertiary/aromatic N) is 2. The molecule has 0 saturated carbocycles. The normalized spacial score (nSPS) is 17.5. The van der Waals surface area contributed by atoms with E-state index in [1.807, 2.05) is 26.0 Å². The minimum atomic E-state index is -0.323. The fourth-order valence-corrected chi connectivity index (χ4v) is 5.53. The average molecular weight is 446 g/mol. The molecule has 0 unspecified atom stereocenters. The fourth-order valence-electron chi connectivity index (χ4n) is 4.24. The van der Waals surface area contributed by atoms with Crippen molar-refractivity contribution < 1.29 is 18.7 Å². The van der Waals surface area contributed by atoms with Crippen LogP contribution in [0.5, 0.6) is 0 Å². The van der Waals surface area contributed by atoms with E-state index in [-0.39, 0.29) is 18.0 Å². The molecule has 4 rings (SSSR count). The van der Waals surface area contributed by atoms with Crippen molar-refractivity contribution in [1.29, 1.82) is 0 Å². The van der Waals surface area contributed by atoms with E-state index in [0.717, 1.165) is 69.7 Å². The van der Waals surface area contributed by atoms with Crippen LogP contribution >= 0.6 is 11.3 Å². The van der Waals surface area contributed by atoms with E-state index in [4.69, 9.17) is 9.15 Å². The second kappa shape index (κ2) is 9.97. The lowest BCUT2D eigenvalue weighted by Gasteiger charge is -2.33. The number of hydrogen-bond donors (Lipinski definition) is 1. The molecule has 1 fully saturated rings. The molecule has 1 amide bonds. The Morgan fingerprint density at radius 3 is 2.61 bits per heavy atom. The maximum Gasteiger partial charge on any atom is 0.341 e. The lowest BCUT2D eigenvalue weighted by atomic mass is 9.95. The third-order valence-electron chi connectivity index (χ3n) is 5.76. The molecule has 1 aliphatic carbocycles. The number of anilines is 1. The summed E-state index contributed by atoms with van der Waals surface area (Å²) in [6.45, 7) is 8.28. The zero-order chi connectivity index (χ0) is 21.8. The third-order valence-corrected chi connectivity index (χ3v) is 6.97. The first-order valence-electron chi connectivity index (χ1n) is 11.1. The van der Waals surface area contributed by atoms with Gasteiger partial charge in [0.25, 0.3) is 0 Å². The van der Waals surface area contributed by atoms with Crippen molar-refractivity contribution in [2.75, 3.05) is 38.0 Å². The van der Waals surface area contributed by atoms with Crippen LogP contribution in [0.15, 0.2) is 22.8 Å². The van der Waals surface area contributed by atoms with Crippen molar-refractivity contribution in [2.24, 2.45) is 0 Å². The van der Waals surface area contributed by atoms with Gasteiger partial charge in [-0.3, -0.25) is 14.6 Å². The van der Waals surface area contributed by atoms with E-state index >= 15 is 0 Å². The van der Waals surface area contributed by atoms with Crippen LogP contribution in [0.4, 0.5) is 5.00 Å². The van der Waals surface area contributed by atoms with E-state index < -0.39 is 0 Å². The Bertz CT molecular complexity index is 898. The van der Waals surface area contributed by atoms with E-state index in [9.17, 15) is 9.59 Å². The SMILES string of the molecule is CC(C)OC(=O)c1c(NC(=O)CN2CCN(Cc3ccco3)CC2)sc2c1CCCC2. The van der Waals surface area contributed by atoms with E-state index in [1.54, 1.807) is 17.6 Å². The van der Waals surface area contributed by atoms with E-state index in [1.165, 1.54) is 4.88 Å². The van der Waals surface area contributed by atoms with Crippen LogP contribution < -0.4 is 5.32 Å². The number of carbonyl (C=O) groups excluding carboxylic acids is 2. The Morgan fingerprint density at radius 1 is 1.16 bits per heavy atom. The van der Waals surface area contributed by atoms with Crippen molar-refractivity contribution >= 4 is 28.2 Å². The molecule has 7 nitrogen and oxygen atoms in total. The summed E-state index contributed by atoms with van der Waals surface area (Å²) in [6.07, 6.45) is 5.55. The average Bonchev–Trinajstić information content (AvgIpc) is 3.36. The van der Waals surface area contributed by atoms with Crippen LogP contribution in [0, 0.1) is 0 Å². The standard InChI is InChI=1S/C23H31N3O4S/c1-16(2)30-23(28)21-18-7-3-4-8-19(18)31-22(21)24-20(27)15-26-11-9-25(10-12-26)14-17-6-5-13-29-17/h5-6,13,16H,3-4,7-12,14-15H2,1-2H3,(H,24,27). The van der Waals surface area contributed by atoms with Crippen molar-refractivity contribution in [2.45, 2.75) is 52.2 Å². The second-order valence-corrected chi connectivity index (χ2v) is 9.65. The van der Waals surface area contributed by atoms with Gasteiger partial charge in [-0.1, -0.05) is 0 Å². The van der Waals surface area contributed by atoms with Gasteiger partial charge in [0, 0.05) is 31.1 Å². The zero-order valence-electron chi connectivity index (χ0n) is 18.3. The molecule has 31 heavy (non-hydrogen) atoms. The van der Waals surface area contributed by atoms with Gasteiger partial charge in [-0.25, -0.2) is 4.79 Å². The molecule has 2 aromatic heterocycles.